The number of methoxy groups -OCH3 is 1. The van der Waals surface area contributed by atoms with Crippen LogP contribution in [0.25, 0.3) is 10.9 Å². The molecule has 15 heavy (non-hydrogen) atoms. The van der Waals surface area contributed by atoms with Crippen LogP contribution in [0.1, 0.15) is 0 Å². The fourth-order valence-corrected chi connectivity index (χ4v) is 2.01. The predicted octanol–water partition coefficient (Wildman–Crippen LogP) is 0.225. The molecule has 0 aliphatic carbocycles. The monoisotopic (exact) mass is 319 g/mol. The zero-order valence-electron chi connectivity index (χ0n) is 7.63. The quantitative estimate of drug-likeness (QED) is 0.736. The van der Waals surface area contributed by atoms with Gasteiger partial charge in [-0.2, -0.15) is 0 Å². The second kappa shape index (κ2) is 3.65. The number of pyridine rings is 1. The number of halogens is 1. The standard InChI is InChI=1S/C8H6IN3O3/c1-15-7-4(9)5-3(2-10-7)6(13)12-8(14)11-5/h2H,1H3,(H2,11,12,13,14). The van der Waals surface area contributed by atoms with Crippen molar-refractivity contribution in [3.8, 4) is 5.88 Å². The van der Waals surface area contributed by atoms with Crippen molar-refractivity contribution in [1.82, 2.24) is 15.0 Å². The summed E-state index contributed by atoms with van der Waals surface area (Å²) in [7, 11) is 1.47. The van der Waals surface area contributed by atoms with Gasteiger partial charge in [-0.05, 0) is 22.6 Å². The van der Waals surface area contributed by atoms with E-state index in [1.54, 1.807) is 0 Å². The molecular weight excluding hydrogens is 313 g/mol. The number of H-pyrrole nitrogens is 2. The lowest BCUT2D eigenvalue weighted by Crippen LogP contribution is -2.22. The summed E-state index contributed by atoms with van der Waals surface area (Å²) in [6, 6.07) is 0. The van der Waals surface area contributed by atoms with Gasteiger partial charge in [-0.3, -0.25) is 9.78 Å². The first kappa shape index (κ1) is 10.1. The number of hydrogen-bond acceptors (Lipinski definition) is 4. The fourth-order valence-electron chi connectivity index (χ4n) is 1.22. The zero-order valence-corrected chi connectivity index (χ0v) is 9.78. The van der Waals surface area contributed by atoms with Gasteiger partial charge in [-0.25, -0.2) is 9.78 Å². The number of nitrogens with zero attached hydrogens (tertiary/aromatic N) is 1. The molecule has 2 aromatic heterocycles. The molecule has 78 valence electrons. The second-order valence-electron chi connectivity index (χ2n) is 2.78. The van der Waals surface area contributed by atoms with Crippen molar-refractivity contribution in [3.63, 3.8) is 0 Å². The van der Waals surface area contributed by atoms with Crippen LogP contribution in [-0.2, 0) is 0 Å². The van der Waals surface area contributed by atoms with E-state index in [2.05, 4.69) is 15.0 Å². The summed E-state index contributed by atoms with van der Waals surface area (Å²) < 4.78 is 5.59. The van der Waals surface area contributed by atoms with Gasteiger partial charge in [-0.1, -0.05) is 0 Å². The molecule has 0 atom stereocenters. The number of hydrogen-bond donors (Lipinski definition) is 2. The van der Waals surface area contributed by atoms with Crippen molar-refractivity contribution in [2.75, 3.05) is 7.11 Å². The molecule has 0 fully saturated rings. The van der Waals surface area contributed by atoms with Gasteiger partial charge in [0.2, 0.25) is 5.88 Å². The predicted molar refractivity (Wildman–Crippen MR) is 62.3 cm³/mol. The molecule has 2 heterocycles. The van der Waals surface area contributed by atoms with E-state index >= 15 is 0 Å². The van der Waals surface area contributed by atoms with Crippen LogP contribution in [0.5, 0.6) is 5.88 Å². The molecule has 0 radical (unpaired) electrons. The zero-order chi connectivity index (χ0) is 11.0. The number of aromatic nitrogens is 3. The summed E-state index contributed by atoms with van der Waals surface area (Å²) in [5, 5.41) is 0.333. The maximum absolute atomic E-state index is 11.4. The number of nitrogens with one attached hydrogen (secondary N) is 2. The average molecular weight is 319 g/mol. The van der Waals surface area contributed by atoms with Gasteiger partial charge in [0, 0.05) is 6.20 Å². The lowest BCUT2D eigenvalue weighted by molar-refractivity contribution is 0.395. The molecule has 0 spiro atoms. The van der Waals surface area contributed by atoms with Gasteiger partial charge in [0.25, 0.3) is 5.56 Å². The first-order chi connectivity index (χ1) is 7.13. The summed E-state index contributed by atoms with van der Waals surface area (Å²) >= 11 is 1.96. The van der Waals surface area contributed by atoms with E-state index in [9.17, 15) is 9.59 Å². The summed E-state index contributed by atoms with van der Waals surface area (Å²) in [5.74, 6) is 0.379. The maximum Gasteiger partial charge on any atom is 0.326 e. The Bertz CT molecular complexity index is 631. The van der Waals surface area contributed by atoms with E-state index in [0.717, 1.165) is 0 Å². The molecule has 0 aliphatic heterocycles. The van der Waals surface area contributed by atoms with Crippen LogP contribution in [0, 0.1) is 3.57 Å². The van der Waals surface area contributed by atoms with Gasteiger partial charge in [-0.15, -0.1) is 0 Å². The number of ether oxygens (including phenoxy) is 1. The van der Waals surface area contributed by atoms with Crippen molar-refractivity contribution in [3.05, 3.63) is 30.6 Å². The highest BCUT2D eigenvalue weighted by Gasteiger charge is 2.10. The number of rotatable bonds is 1. The minimum Gasteiger partial charge on any atom is -0.480 e. The lowest BCUT2D eigenvalue weighted by atomic mass is 10.3. The SMILES string of the molecule is COc1ncc2c(=O)[nH]c(=O)[nH]c2c1I. The maximum atomic E-state index is 11.4. The summed E-state index contributed by atoms with van der Waals surface area (Å²) in [6.07, 6.45) is 1.37. The normalized spacial score (nSPS) is 10.5. The Balaban J connectivity index is 2.99. The van der Waals surface area contributed by atoms with Crippen LogP contribution in [0.4, 0.5) is 0 Å². The molecule has 7 heteroatoms. The Morgan fingerprint density at radius 3 is 2.80 bits per heavy atom. The first-order valence-corrected chi connectivity index (χ1v) is 5.06. The van der Waals surface area contributed by atoms with Gasteiger partial charge in [0.1, 0.15) is 0 Å². The van der Waals surface area contributed by atoms with Crippen LogP contribution in [0.15, 0.2) is 15.8 Å². The highest BCUT2D eigenvalue weighted by Crippen LogP contribution is 2.22. The van der Waals surface area contributed by atoms with E-state index in [1.807, 2.05) is 22.6 Å². The van der Waals surface area contributed by atoms with Crippen LogP contribution in [0.2, 0.25) is 0 Å². The Kier molecular flexibility index (Phi) is 2.47. The molecule has 0 aromatic carbocycles. The molecule has 2 N–H and O–H groups in total. The van der Waals surface area contributed by atoms with Gasteiger partial charge < -0.3 is 9.72 Å². The smallest absolute Gasteiger partial charge is 0.326 e. The van der Waals surface area contributed by atoms with Crippen molar-refractivity contribution >= 4 is 33.5 Å². The van der Waals surface area contributed by atoms with E-state index in [1.165, 1.54) is 13.3 Å². The molecule has 6 nitrogen and oxygen atoms in total. The van der Waals surface area contributed by atoms with Crippen LogP contribution in [-0.4, -0.2) is 22.1 Å². The number of fused-ring (bicyclic) bond motifs is 1. The molecule has 0 amide bonds. The van der Waals surface area contributed by atoms with Crippen molar-refractivity contribution in [2.24, 2.45) is 0 Å². The molecular formula is C8H6IN3O3. The van der Waals surface area contributed by atoms with Crippen molar-refractivity contribution in [1.29, 1.82) is 0 Å². The third kappa shape index (κ3) is 1.62. The molecule has 0 saturated heterocycles. The molecule has 0 bridgehead atoms. The summed E-state index contributed by atoms with van der Waals surface area (Å²) in [6.45, 7) is 0. The molecule has 2 aromatic rings. The molecule has 2 rings (SSSR count). The minimum absolute atomic E-state index is 0.333. The summed E-state index contributed by atoms with van der Waals surface area (Å²) in [5.41, 5.74) is -0.559. The van der Waals surface area contributed by atoms with Crippen molar-refractivity contribution in [2.45, 2.75) is 0 Å². The van der Waals surface area contributed by atoms with E-state index in [-0.39, 0.29) is 0 Å². The molecule has 0 unspecified atom stereocenters. The Hall–Kier alpha value is -1.38. The average Bonchev–Trinajstić information content (AvgIpc) is 2.19. The third-order valence-electron chi connectivity index (χ3n) is 1.89. The topological polar surface area (TPSA) is 87.8 Å². The summed E-state index contributed by atoms with van der Waals surface area (Å²) in [4.78, 5) is 31.1. The molecule has 0 aliphatic rings. The van der Waals surface area contributed by atoms with E-state index in [0.29, 0.717) is 20.4 Å². The second-order valence-corrected chi connectivity index (χ2v) is 3.86. The van der Waals surface area contributed by atoms with Crippen molar-refractivity contribution < 1.29 is 4.74 Å². The Morgan fingerprint density at radius 1 is 1.40 bits per heavy atom. The van der Waals surface area contributed by atoms with E-state index < -0.39 is 11.2 Å². The van der Waals surface area contributed by atoms with Gasteiger partial charge in [0.15, 0.2) is 0 Å². The van der Waals surface area contributed by atoms with Gasteiger partial charge >= 0.3 is 5.69 Å². The number of aromatic amines is 2. The Morgan fingerprint density at radius 2 is 2.13 bits per heavy atom. The van der Waals surface area contributed by atoms with Crippen LogP contribution in [0.3, 0.4) is 0 Å². The molecule has 0 saturated carbocycles. The fraction of sp³-hybridized carbons (Fsp3) is 0.125. The van der Waals surface area contributed by atoms with Crippen LogP contribution < -0.4 is 16.0 Å². The first-order valence-electron chi connectivity index (χ1n) is 3.98. The highest BCUT2D eigenvalue weighted by molar-refractivity contribution is 14.1. The third-order valence-corrected chi connectivity index (χ3v) is 2.89. The largest absolute Gasteiger partial charge is 0.480 e. The highest BCUT2D eigenvalue weighted by atomic mass is 127. The Labute approximate surface area is 96.8 Å². The van der Waals surface area contributed by atoms with E-state index in [4.69, 9.17) is 4.74 Å². The minimum atomic E-state index is -0.543. The lowest BCUT2D eigenvalue weighted by Gasteiger charge is -2.03. The van der Waals surface area contributed by atoms with Crippen LogP contribution >= 0.6 is 22.6 Å². The van der Waals surface area contributed by atoms with Gasteiger partial charge in [0.05, 0.1) is 21.6 Å².